The Morgan fingerprint density at radius 3 is 2.52 bits per heavy atom. The van der Waals surface area contributed by atoms with E-state index in [1.807, 2.05) is 48.5 Å². The number of nitrogens with zero attached hydrogens (tertiary/aromatic N) is 1. The van der Waals surface area contributed by atoms with Gasteiger partial charge in [-0.2, -0.15) is 5.26 Å². The van der Waals surface area contributed by atoms with Crippen LogP contribution in [0, 0.1) is 11.3 Å². The van der Waals surface area contributed by atoms with E-state index < -0.39 is 0 Å². The monoisotopic (exact) mass is 311 g/mol. The minimum Gasteiger partial charge on any atom is -0.497 e. The molecule has 120 valence electrons. The van der Waals surface area contributed by atoms with Gasteiger partial charge >= 0.3 is 0 Å². The van der Waals surface area contributed by atoms with Crippen molar-refractivity contribution >= 4 is 0 Å². The lowest BCUT2D eigenvalue weighted by Gasteiger charge is -2.14. The van der Waals surface area contributed by atoms with Crippen LogP contribution in [-0.2, 0) is 0 Å². The Bertz CT molecular complexity index is 664. The van der Waals surface area contributed by atoms with Gasteiger partial charge < -0.3 is 14.2 Å². The molecule has 0 amide bonds. The first-order valence-electron chi connectivity index (χ1n) is 7.58. The average molecular weight is 311 g/mol. The van der Waals surface area contributed by atoms with Crippen molar-refractivity contribution in [3.63, 3.8) is 0 Å². The molecule has 2 aromatic rings. The van der Waals surface area contributed by atoms with Crippen LogP contribution < -0.4 is 14.2 Å². The summed E-state index contributed by atoms with van der Waals surface area (Å²) < 4.78 is 16.2. The molecule has 0 heterocycles. The average Bonchev–Trinajstić information content (AvgIpc) is 2.62. The second-order valence-corrected chi connectivity index (χ2v) is 5.09. The smallest absolute Gasteiger partial charge is 0.123 e. The second kappa shape index (κ2) is 8.70. The van der Waals surface area contributed by atoms with Gasteiger partial charge in [0.1, 0.15) is 17.2 Å². The van der Waals surface area contributed by atoms with Crippen molar-refractivity contribution in [2.75, 3.05) is 20.8 Å². The number of ether oxygens (including phenoxy) is 3. The highest BCUT2D eigenvalue weighted by atomic mass is 16.5. The van der Waals surface area contributed by atoms with Gasteiger partial charge in [0.25, 0.3) is 0 Å². The molecule has 4 heteroatoms. The zero-order chi connectivity index (χ0) is 16.5. The van der Waals surface area contributed by atoms with E-state index in [0.29, 0.717) is 6.61 Å². The summed E-state index contributed by atoms with van der Waals surface area (Å²) in [7, 11) is 3.25. The molecule has 0 saturated heterocycles. The first-order valence-corrected chi connectivity index (χ1v) is 7.58. The molecule has 4 nitrogen and oxygen atoms in total. The molecule has 0 spiro atoms. The summed E-state index contributed by atoms with van der Waals surface area (Å²) in [5.41, 5.74) is 0.930. The lowest BCUT2D eigenvalue weighted by molar-refractivity contribution is 0.302. The first-order chi connectivity index (χ1) is 11.3. The van der Waals surface area contributed by atoms with E-state index in [1.165, 1.54) is 0 Å². The van der Waals surface area contributed by atoms with Crippen molar-refractivity contribution in [1.82, 2.24) is 0 Å². The van der Waals surface area contributed by atoms with Crippen molar-refractivity contribution in [3.8, 4) is 23.3 Å². The molecule has 0 fully saturated rings. The summed E-state index contributed by atoms with van der Waals surface area (Å²) in [6.07, 6.45) is 1.51. The predicted molar refractivity (Wildman–Crippen MR) is 89.1 cm³/mol. The van der Waals surface area contributed by atoms with Crippen LogP contribution in [0.15, 0.2) is 48.5 Å². The minimum atomic E-state index is -0.194. The van der Waals surface area contributed by atoms with Crippen LogP contribution in [0.25, 0.3) is 0 Å². The Balaban J connectivity index is 1.88. The molecule has 0 aromatic heterocycles. The molecule has 0 aliphatic rings. The topological polar surface area (TPSA) is 51.5 Å². The molecule has 0 aliphatic heterocycles. The summed E-state index contributed by atoms with van der Waals surface area (Å²) in [5.74, 6) is 2.11. The third-order valence-electron chi connectivity index (χ3n) is 3.62. The molecular weight excluding hydrogens is 290 g/mol. The number of methoxy groups -OCH3 is 2. The zero-order valence-corrected chi connectivity index (χ0v) is 13.5. The number of hydrogen-bond donors (Lipinski definition) is 0. The second-order valence-electron chi connectivity index (χ2n) is 5.09. The number of benzene rings is 2. The van der Waals surface area contributed by atoms with Gasteiger partial charge in [0.05, 0.1) is 32.8 Å². The van der Waals surface area contributed by atoms with Crippen LogP contribution in [0.1, 0.15) is 24.3 Å². The fourth-order valence-electron chi connectivity index (χ4n) is 2.41. The molecule has 1 atom stereocenters. The third-order valence-corrected chi connectivity index (χ3v) is 3.62. The van der Waals surface area contributed by atoms with Crippen molar-refractivity contribution in [2.24, 2.45) is 0 Å². The highest BCUT2D eigenvalue weighted by Crippen LogP contribution is 2.29. The van der Waals surface area contributed by atoms with Crippen LogP contribution in [0.5, 0.6) is 17.2 Å². The molecule has 0 N–H and O–H groups in total. The van der Waals surface area contributed by atoms with Crippen LogP contribution in [0.4, 0.5) is 0 Å². The van der Waals surface area contributed by atoms with E-state index in [0.717, 1.165) is 35.7 Å². The Morgan fingerprint density at radius 2 is 1.78 bits per heavy atom. The zero-order valence-electron chi connectivity index (χ0n) is 13.5. The van der Waals surface area contributed by atoms with Crippen LogP contribution in [-0.4, -0.2) is 20.8 Å². The predicted octanol–water partition coefficient (Wildman–Crippen LogP) is 4.17. The minimum absolute atomic E-state index is 0.194. The van der Waals surface area contributed by atoms with Crippen LogP contribution >= 0.6 is 0 Å². The summed E-state index contributed by atoms with van der Waals surface area (Å²) >= 11 is 0. The quantitative estimate of drug-likeness (QED) is 0.687. The van der Waals surface area contributed by atoms with Gasteiger partial charge in [0, 0.05) is 11.6 Å². The van der Waals surface area contributed by atoms with Gasteiger partial charge in [-0.3, -0.25) is 0 Å². The van der Waals surface area contributed by atoms with E-state index in [2.05, 4.69) is 6.07 Å². The molecular formula is C19H21NO3. The Morgan fingerprint density at radius 1 is 1.00 bits per heavy atom. The summed E-state index contributed by atoms with van der Waals surface area (Å²) in [5, 5.41) is 9.42. The van der Waals surface area contributed by atoms with Crippen LogP contribution in [0.2, 0.25) is 0 Å². The highest BCUT2D eigenvalue weighted by molar-refractivity contribution is 5.39. The maximum atomic E-state index is 9.42. The fraction of sp³-hybridized carbons (Fsp3) is 0.316. The molecule has 1 unspecified atom stereocenters. The van der Waals surface area contributed by atoms with E-state index in [-0.39, 0.29) is 5.92 Å². The highest BCUT2D eigenvalue weighted by Gasteiger charge is 2.14. The van der Waals surface area contributed by atoms with E-state index >= 15 is 0 Å². The SMILES string of the molecule is COc1cccc(OCCCC(C#N)c2ccccc2OC)c1. The third kappa shape index (κ3) is 4.65. The number of rotatable bonds is 8. The molecule has 0 aliphatic carbocycles. The van der Waals surface area contributed by atoms with E-state index in [4.69, 9.17) is 14.2 Å². The fourth-order valence-corrected chi connectivity index (χ4v) is 2.41. The molecule has 0 saturated carbocycles. The lowest BCUT2D eigenvalue weighted by Crippen LogP contribution is -2.03. The number of hydrogen-bond acceptors (Lipinski definition) is 4. The first kappa shape index (κ1) is 16.7. The van der Waals surface area contributed by atoms with Gasteiger partial charge in [0.2, 0.25) is 0 Å². The lowest BCUT2D eigenvalue weighted by atomic mass is 9.95. The van der Waals surface area contributed by atoms with Gasteiger partial charge in [-0.1, -0.05) is 24.3 Å². The van der Waals surface area contributed by atoms with Gasteiger partial charge in [-0.25, -0.2) is 0 Å². The maximum Gasteiger partial charge on any atom is 0.123 e. The largest absolute Gasteiger partial charge is 0.497 e. The van der Waals surface area contributed by atoms with Crippen LogP contribution in [0.3, 0.4) is 0 Å². The number of para-hydroxylation sites is 1. The van der Waals surface area contributed by atoms with Crippen molar-refractivity contribution < 1.29 is 14.2 Å². The summed E-state index contributed by atoms with van der Waals surface area (Å²) in [4.78, 5) is 0. The Hall–Kier alpha value is -2.67. The van der Waals surface area contributed by atoms with E-state index in [1.54, 1.807) is 14.2 Å². The normalized spacial score (nSPS) is 11.3. The standard InChI is InChI=1S/C19H21NO3/c1-21-16-8-5-9-17(13-16)23-12-6-7-15(14-20)18-10-3-4-11-19(18)22-2/h3-5,8-11,13,15H,6-7,12H2,1-2H3. The van der Waals surface area contributed by atoms with Gasteiger partial charge in [-0.15, -0.1) is 0 Å². The van der Waals surface area contributed by atoms with Crippen molar-refractivity contribution in [1.29, 1.82) is 5.26 Å². The molecule has 0 radical (unpaired) electrons. The summed E-state index contributed by atoms with van der Waals surface area (Å²) in [6, 6.07) is 17.5. The van der Waals surface area contributed by atoms with E-state index in [9.17, 15) is 5.26 Å². The molecule has 23 heavy (non-hydrogen) atoms. The van der Waals surface area contributed by atoms with Gasteiger partial charge in [0.15, 0.2) is 0 Å². The molecule has 2 rings (SSSR count). The molecule has 2 aromatic carbocycles. The molecule has 0 bridgehead atoms. The number of nitriles is 1. The Kier molecular flexibility index (Phi) is 6.31. The maximum absolute atomic E-state index is 9.42. The van der Waals surface area contributed by atoms with Crippen molar-refractivity contribution in [3.05, 3.63) is 54.1 Å². The summed E-state index contributed by atoms with van der Waals surface area (Å²) in [6.45, 7) is 0.556. The Labute approximate surface area is 137 Å². The van der Waals surface area contributed by atoms with Crippen molar-refractivity contribution in [2.45, 2.75) is 18.8 Å². The van der Waals surface area contributed by atoms with Gasteiger partial charge in [-0.05, 0) is 31.0 Å².